The van der Waals surface area contributed by atoms with Gasteiger partial charge in [-0.15, -0.1) is 0 Å². The summed E-state index contributed by atoms with van der Waals surface area (Å²) in [5.74, 6) is 0.889. The molecule has 0 radical (unpaired) electrons. The van der Waals surface area contributed by atoms with Gasteiger partial charge in [0.15, 0.2) is 5.84 Å². The molecule has 5 nitrogen and oxygen atoms in total. The zero-order valence-corrected chi connectivity index (χ0v) is 10.9. The second kappa shape index (κ2) is 5.52. The lowest BCUT2D eigenvalue weighted by Crippen LogP contribution is -2.28. The Balaban J connectivity index is 3.44. The van der Waals surface area contributed by atoms with Crippen molar-refractivity contribution in [1.29, 1.82) is 0 Å². The highest BCUT2D eigenvalue weighted by Crippen LogP contribution is 2.22. The molecular formula is C12H20N4O. The Morgan fingerprint density at radius 3 is 2.47 bits per heavy atom. The van der Waals surface area contributed by atoms with Gasteiger partial charge in [-0.2, -0.15) is 0 Å². The summed E-state index contributed by atoms with van der Waals surface area (Å²) in [6, 6.07) is 1.93. The zero-order chi connectivity index (χ0) is 13.0. The number of hydrogen-bond donors (Lipinski definition) is 2. The standard InChI is InChI=1S/C12H20N4O/c1-5-16(6-2)12-10(11(13)15-17)8(3)7-9(4)14-12/h7,17H,5-6H2,1-4H3,(H2,13,15). The van der Waals surface area contributed by atoms with Crippen molar-refractivity contribution in [2.24, 2.45) is 10.9 Å². The van der Waals surface area contributed by atoms with Crippen LogP contribution in [-0.2, 0) is 0 Å². The van der Waals surface area contributed by atoms with Gasteiger partial charge in [0.2, 0.25) is 0 Å². The number of nitrogens with zero attached hydrogens (tertiary/aromatic N) is 3. The molecule has 1 aromatic rings. The highest BCUT2D eigenvalue weighted by atomic mass is 16.4. The van der Waals surface area contributed by atoms with Gasteiger partial charge in [0.1, 0.15) is 5.82 Å². The van der Waals surface area contributed by atoms with Gasteiger partial charge in [-0.05, 0) is 39.3 Å². The summed E-state index contributed by atoms with van der Waals surface area (Å²) in [5.41, 5.74) is 8.33. The third kappa shape index (κ3) is 2.67. The van der Waals surface area contributed by atoms with Gasteiger partial charge in [0.05, 0.1) is 5.56 Å². The minimum atomic E-state index is 0.108. The Morgan fingerprint density at radius 1 is 1.41 bits per heavy atom. The summed E-state index contributed by atoms with van der Waals surface area (Å²) in [4.78, 5) is 6.59. The van der Waals surface area contributed by atoms with Gasteiger partial charge in [-0.1, -0.05) is 5.16 Å². The lowest BCUT2D eigenvalue weighted by Gasteiger charge is -2.24. The van der Waals surface area contributed by atoms with Crippen LogP contribution >= 0.6 is 0 Å². The Kier molecular flexibility index (Phi) is 4.31. The summed E-state index contributed by atoms with van der Waals surface area (Å²) in [5, 5.41) is 11.9. The minimum absolute atomic E-state index is 0.108. The van der Waals surface area contributed by atoms with Crippen molar-refractivity contribution in [3.63, 3.8) is 0 Å². The fraction of sp³-hybridized carbons (Fsp3) is 0.500. The average molecular weight is 236 g/mol. The van der Waals surface area contributed by atoms with Crippen molar-refractivity contribution in [1.82, 2.24) is 4.98 Å². The zero-order valence-electron chi connectivity index (χ0n) is 10.9. The van der Waals surface area contributed by atoms with E-state index in [2.05, 4.69) is 28.9 Å². The van der Waals surface area contributed by atoms with Gasteiger partial charge in [-0.3, -0.25) is 0 Å². The van der Waals surface area contributed by atoms with Crippen molar-refractivity contribution in [3.05, 3.63) is 22.9 Å². The van der Waals surface area contributed by atoms with E-state index in [0.717, 1.165) is 30.2 Å². The number of nitrogens with two attached hydrogens (primary N) is 1. The molecule has 0 amide bonds. The lowest BCUT2D eigenvalue weighted by molar-refractivity contribution is 0.318. The van der Waals surface area contributed by atoms with Gasteiger partial charge in [0, 0.05) is 18.8 Å². The molecule has 1 rings (SSSR count). The van der Waals surface area contributed by atoms with E-state index in [9.17, 15) is 0 Å². The minimum Gasteiger partial charge on any atom is -0.409 e. The van der Waals surface area contributed by atoms with Gasteiger partial charge in [0.25, 0.3) is 0 Å². The molecule has 0 atom stereocenters. The van der Waals surface area contributed by atoms with Crippen molar-refractivity contribution in [3.8, 4) is 0 Å². The van der Waals surface area contributed by atoms with Gasteiger partial charge in [-0.25, -0.2) is 4.98 Å². The quantitative estimate of drug-likeness (QED) is 0.361. The number of pyridine rings is 1. The van der Waals surface area contributed by atoms with Crippen molar-refractivity contribution >= 4 is 11.7 Å². The van der Waals surface area contributed by atoms with Crippen LogP contribution in [0.4, 0.5) is 5.82 Å². The van der Waals surface area contributed by atoms with Crippen molar-refractivity contribution in [2.45, 2.75) is 27.7 Å². The molecule has 0 saturated heterocycles. The van der Waals surface area contributed by atoms with Gasteiger partial charge < -0.3 is 15.8 Å². The van der Waals surface area contributed by atoms with Gasteiger partial charge >= 0.3 is 0 Å². The second-order valence-electron chi connectivity index (χ2n) is 3.94. The number of rotatable bonds is 4. The summed E-state index contributed by atoms with van der Waals surface area (Å²) < 4.78 is 0. The topological polar surface area (TPSA) is 74.7 Å². The van der Waals surface area contributed by atoms with E-state index in [1.54, 1.807) is 0 Å². The molecule has 5 heteroatoms. The third-order valence-electron chi connectivity index (χ3n) is 2.75. The SMILES string of the molecule is CCN(CC)c1nc(C)cc(C)c1/C(N)=N/O. The molecule has 1 heterocycles. The maximum Gasteiger partial charge on any atom is 0.174 e. The first-order chi connectivity index (χ1) is 8.04. The molecule has 0 aliphatic rings. The van der Waals surface area contributed by atoms with E-state index in [0.29, 0.717) is 5.56 Å². The monoisotopic (exact) mass is 236 g/mol. The third-order valence-corrected chi connectivity index (χ3v) is 2.75. The molecule has 0 bridgehead atoms. The van der Waals surface area contributed by atoms with E-state index < -0.39 is 0 Å². The number of amidine groups is 1. The number of aromatic nitrogens is 1. The molecule has 0 aliphatic carbocycles. The molecule has 17 heavy (non-hydrogen) atoms. The van der Waals surface area contributed by atoms with E-state index in [4.69, 9.17) is 10.9 Å². The summed E-state index contributed by atoms with van der Waals surface area (Å²) in [6.45, 7) is 9.65. The maximum absolute atomic E-state index is 8.85. The Bertz CT molecular complexity index is 425. The average Bonchev–Trinajstić information content (AvgIpc) is 2.29. The summed E-state index contributed by atoms with van der Waals surface area (Å²) in [6.07, 6.45) is 0. The molecule has 1 aromatic heterocycles. The molecular weight excluding hydrogens is 216 g/mol. The van der Waals surface area contributed by atoms with Crippen LogP contribution < -0.4 is 10.6 Å². The van der Waals surface area contributed by atoms with Crippen LogP contribution in [0.2, 0.25) is 0 Å². The molecule has 0 saturated carbocycles. The van der Waals surface area contributed by atoms with Crippen molar-refractivity contribution < 1.29 is 5.21 Å². The van der Waals surface area contributed by atoms with Crippen LogP contribution in [0.5, 0.6) is 0 Å². The molecule has 0 spiro atoms. The lowest BCUT2D eigenvalue weighted by atomic mass is 10.1. The number of hydrogen-bond acceptors (Lipinski definition) is 4. The number of oxime groups is 1. The largest absolute Gasteiger partial charge is 0.409 e. The smallest absolute Gasteiger partial charge is 0.174 e. The fourth-order valence-electron chi connectivity index (χ4n) is 1.94. The molecule has 0 unspecified atom stereocenters. The highest BCUT2D eigenvalue weighted by Gasteiger charge is 2.16. The van der Waals surface area contributed by atoms with Crippen LogP contribution in [-0.4, -0.2) is 29.1 Å². The fourth-order valence-corrected chi connectivity index (χ4v) is 1.94. The molecule has 3 N–H and O–H groups in total. The predicted octanol–water partition coefficient (Wildman–Crippen LogP) is 1.64. The second-order valence-corrected chi connectivity index (χ2v) is 3.94. The Morgan fingerprint density at radius 2 is 2.00 bits per heavy atom. The first-order valence-electron chi connectivity index (χ1n) is 5.76. The predicted molar refractivity (Wildman–Crippen MR) is 69.8 cm³/mol. The molecule has 0 aromatic carbocycles. The highest BCUT2D eigenvalue weighted by molar-refractivity contribution is 6.02. The van der Waals surface area contributed by atoms with E-state index in [-0.39, 0.29) is 5.84 Å². The van der Waals surface area contributed by atoms with Crippen LogP contribution in [0.3, 0.4) is 0 Å². The number of anilines is 1. The van der Waals surface area contributed by atoms with Crippen molar-refractivity contribution in [2.75, 3.05) is 18.0 Å². The first-order valence-corrected chi connectivity index (χ1v) is 5.76. The molecule has 0 fully saturated rings. The molecule has 94 valence electrons. The Labute approximate surface area is 102 Å². The Hall–Kier alpha value is -1.78. The maximum atomic E-state index is 8.85. The van der Waals surface area contributed by atoms with Crippen LogP contribution in [0.1, 0.15) is 30.7 Å². The van der Waals surface area contributed by atoms with E-state index in [1.165, 1.54) is 0 Å². The first kappa shape index (κ1) is 13.3. The van der Waals surface area contributed by atoms with E-state index in [1.807, 2.05) is 19.9 Å². The van der Waals surface area contributed by atoms with E-state index >= 15 is 0 Å². The van der Waals surface area contributed by atoms with Crippen LogP contribution in [0.25, 0.3) is 0 Å². The van der Waals surface area contributed by atoms with Crippen LogP contribution in [0.15, 0.2) is 11.2 Å². The normalized spacial score (nSPS) is 11.6. The summed E-state index contributed by atoms with van der Waals surface area (Å²) in [7, 11) is 0. The summed E-state index contributed by atoms with van der Waals surface area (Å²) >= 11 is 0. The van der Waals surface area contributed by atoms with Crippen LogP contribution in [0, 0.1) is 13.8 Å². The molecule has 0 aliphatic heterocycles. The number of aryl methyl sites for hydroxylation is 2.